The van der Waals surface area contributed by atoms with E-state index >= 15 is 0 Å². The molecule has 1 rings (SSSR count). The third-order valence-corrected chi connectivity index (χ3v) is 2.14. The standard InChI is InChI=1S/C9H17N3O2/c1-2-7(10)9(14)11-5-8(13)12-6-3-4-6/h6-7H,2-5,10H2,1H3,(H,11,14)(H,12,13). The first-order valence-electron chi connectivity index (χ1n) is 4.96. The van der Waals surface area contributed by atoms with Crippen molar-refractivity contribution in [3.8, 4) is 0 Å². The molecule has 2 amide bonds. The second kappa shape index (κ2) is 4.95. The SMILES string of the molecule is CCC(N)C(=O)NCC(=O)NC1CC1. The Morgan fingerprint density at radius 1 is 1.50 bits per heavy atom. The van der Waals surface area contributed by atoms with Gasteiger partial charge in [-0.1, -0.05) is 6.92 Å². The number of hydrogen-bond donors (Lipinski definition) is 3. The average molecular weight is 199 g/mol. The van der Waals surface area contributed by atoms with Gasteiger partial charge >= 0.3 is 0 Å². The van der Waals surface area contributed by atoms with Crippen LogP contribution in [0.5, 0.6) is 0 Å². The van der Waals surface area contributed by atoms with Crippen LogP contribution in [0.4, 0.5) is 0 Å². The van der Waals surface area contributed by atoms with E-state index in [1.807, 2.05) is 6.92 Å². The molecule has 0 aromatic carbocycles. The van der Waals surface area contributed by atoms with Crippen molar-refractivity contribution in [3.05, 3.63) is 0 Å². The zero-order valence-electron chi connectivity index (χ0n) is 8.38. The lowest BCUT2D eigenvalue weighted by Crippen LogP contribution is -2.44. The van der Waals surface area contributed by atoms with E-state index in [0.29, 0.717) is 12.5 Å². The highest BCUT2D eigenvalue weighted by Crippen LogP contribution is 2.18. The molecular weight excluding hydrogens is 182 g/mol. The van der Waals surface area contributed by atoms with Crippen LogP contribution in [0.15, 0.2) is 0 Å². The first-order chi connectivity index (χ1) is 6.63. The van der Waals surface area contributed by atoms with Gasteiger partial charge in [-0.2, -0.15) is 0 Å². The Kier molecular flexibility index (Phi) is 3.88. The van der Waals surface area contributed by atoms with Gasteiger partial charge in [0.15, 0.2) is 0 Å². The number of nitrogens with two attached hydrogens (primary N) is 1. The maximum atomic E-state index is 11.2. The summed E-state index contributed by atoms with van der Waals surface area (Å²) in [6, 6.07) is -0.178. The van der Waals surface area contributed by atoms with Crippen molar-refractivity contribution in [2.45, 2.75) is 38.3 Å². The molecule has 0 spiro atoms. The van der Waals surface area contributed by atoms with Crippen LogP contribution in [0.2, 0.25) is 0 Å². The van der Waals surface area contributed by atoms with E-state index in [9.17, 15) is 9.59 Å². The van der Waals surface area contributed by atoms with Gasteiger partial charge in [0.2, 0.25) is 11.8 Å². The molecule has 4 N–H and O–H groups in total. The number of amides is 2. The van der Waals surface area contributed by atoms with Crippen molar-refractivity contribution in [2.75, 3.05) is 6.54 Å². The maximum Gasteiger partial charge on any atom is 0.239 e. The summed E-state index contributed by atoms with van der Waals surface area (Å²) >= 11 is 0. The van der Waals surface area contributed by atoms with Crippen LogP contribution in [0.25, 0.3) is 0 Å². The fourth-order valence-corrected chi connectivity index (χ4v) is 0.990. The van der Waals surface area contributed by atoms with Gasteiger partial charge in [-0.15, -0.1) is 0 Å². The lowest BCUT2D eigenvalue weighted by molar-refractivity contribution is -0.126. The molecule has 0 aliphatic heterocycles. The molecule has 1 atom stereocenters. The molecule has 1 fully saturated rings. The largest absolute Gasteiger partial charge is 0.352 e. The molecule has 1 saturated carbocycles. The molecule has 0 bridgehead atoms. The van der Waals surface area contributed by atoms with Crippen LogP contribution in [-0.4, -0.2) is 30.4 Å². The molecule has 14 heavy (non-hydrogen) atoms. The van der Waals surface area contributed by atoms with Crippen molar-refractivity contribution >= 4 is 11.8 Å². The fraction of sp³-hybridized carbons (Fsp3) is 0.778. The Morgan fingerprint density at radius 3 is 2.64 bits per heavy atom. The molecule has 0 aromatic rings. The summed E-state index contributed by atoms with van der Waals surface area (Å²) < 4.78 is 0. The monoisotopic (exact) mass is 199 g/mol. The molecule has 5 nitrogen and oxygen atoms in total. The van der Waals surface area contributed by atoms with Crippen molar-refractivity contribution in [1.29, 1.82) is 0 Å². The van der Waals surface area contributed by atoms with Gasteiger partial charge in [-0.25, -0.2) is 0 Å². The summed E-state index contributed by atoms with van der Waals surface area (Å²) in [4.78, 5) is 22.3. The van der Waals surface area contributed by atoms with Crippen LogP contribution >= 0.6 is 0 Å². The zero-order valence-corrected chi connectivity index (χ0v) is 8.38. The van der Waals surface area contributed by atoms with Gasteiger partial charge in [-0.3, -0.25) is 9.59 Å². The number of rotatable bonds is 5. The van der Waals surface area contributed by atoms with Gasteiger partial charge in [0.1, 0.15) is 0 Å². The molecule has 5 heteroatoms. The lowest BCUT2D eigenvalue weighted by Gasteiger charge is -2.09. The van der Waals surface area contributed by atoms with E-state index in [1.54, 1.807) is 0 Å². The summed E-state index contributed by atoms with van der Waals surface area (Å²) in [6.07, 6.45) is 2.68. The highest BCUT2D eigenvalue weighted by Gasteiger charge is 2.23. The summed E-state index contributed by atoms with van der Waals surface area (Å²) in [6.45, 7) is 1.86. The highest BCUT2D eigenvalue weighted by atomic mass is 16.2. The van der Waals surface area contributed by atoms with Crippen LogP contribution < -0.4 is 16.4 Å². The summed E-state index contributed by atoms with van der Waals surface area (Å²) in [5.74, 6) is -0.400. The molecule has 80 valence electrons. The average Bonchev–Trinajstić information content (AvgIpc) is 2.96. The second-order valence-electron chi connectivity index (χ2n) is 3.57. The van der Waals surface area contributed by atoms with Gasteiger partial charge in [-0.05, 0) is 19.3 Å². The number of nitrogens with one attached hydrogen (secondary N) is 2. The summed E-state index contributed by atoms with van der Waals surface area (Å²) in [5.41, 5.74) is 5.47. The van der Waals surface area contributed by atoms with Gasteiger partial charge in [0, 0.05) is 6.04 Å². The minimum Gasteiger partial charge on any atom is -0.352 e. The minimum atomic E-state index is -0.510. The van der Waals surface area contributed by atoms with E-state index in [1.165, 1.54) is 0 Å². The Labute approximate surface area is 83.4 Å². The summed E-state index contributed by atoms with van der Waals surface area (Å²) in [7, 11) is 0. The van der Waals surface area contributed by atoms with Crippen LogP contribution in [0.1, 0.15) is 26.2 Å². The number of carbonyl (C=O) groups excluding carboxylic acids is 2. The third kappa shape index (κ3) is 3.74. The highest BCUT2D eigenvalue weighted by molar-refractivity contribution is 5.87. The predicted molar refractivity (Wildman–Crippen MR) is 52.4 cm³/mol. The molecule has 0 heterocycles. The van der Waals surface area contributed by atoms with Crippen molar-refractivity contribution in [2.24, 2.45) is 5.73 Å². The molecular formula is C9H17N3O2. The molecule has 0 radical (unpaired) electrons. The smallest absolute Gasteiger partial charge is 0.239 e. The fourth-order valence-electron chi connectivity index (χ4n) is 0.990. The van der Waals surface area contributed by atoms with Gasteiger partial charge in [0.25, 0.3) is 0 Å². The Morgan fingerprint density at radius 2 is 2.14 bits per heavy atom. The van der Waals surface area contributed by atoms with Crippen molar-refractivity contribution in [3.63, 3.8) is 0 Å². The first-order valence-corrected chi connectivity index (χ1v) is 4.96. The Balaban J connectivity index is 2.11. The third-order valence-electron chi connectivity index (χ3n) is 2.14. The summed E-state index contributed by atoms with van der Waals surface area (Å²) in [5, 5.41) is 5.26. The second-order valence-corrected chi connectivity index (χ2v) is 3.57. The Bertz CT molecular complexity index is 226. The lowest BCUT2D eigenvalue weighted by atomic mass is 10.2. The van der Waals surface area contributed by atoms with Crippen LogP contribution in [-0.2, 0) is 9.59 Å². The van der Waals surface area contributed by atoms with Crippen molar-refractivity contribution < 1.29 is 9.59 Å². The molecule has 1 aliphatic rings. The quantitative estimate of drug-likeness (QED) is 0.537. The Hall–Kier alpha value is -1.10. The van der Waals surface area contributed by atoms with E-state index in [-0.39, 0.29) is 18.4 Å². The normalized spacial score (nSPS) is 17.3. The zero-order chi connectivity index (χ0) is 10.6. The molecule has 1 aliphatic carbocycles. The number of hydrogen-bond acceptors (Lipinski definition) is 3. The van der Waals surface area contributed by atoms with Crippen LogP contribution in [0, 0.1) is 0 Å². The van der Waals surface area contributed by atoms with Gasteiger partial charge in [0.05, 0.1) is 12.6 Å². The van der Waals surface area contributed by atoms with Gasteiger partial charge < -0.3 is 16.4 Å². The predicted octanol–water partition coefficient (Wildman–Crippen LogP) is -0.881. The van der Waals surface area contributed by atoms with Crippen LogP contribution in [0.3, 0.4) is 0 Å². The van der Waals surface area contributed by atoms with E-state index in [4.69, 9.17) is 5.73 Å². The van der Waals surface area contributed by atoms with E-state index in [0.717, 1.165) is 12.8 Å². The molecule has 0 saturated heterocycles. The number of carbonyl (C=O) groups is 2. The molecule has 0 aromatic heterocycles. The van der Waals surface area contributed by atoms with Crippen molar-refractivity contribution in [1.82, 2.24) is 10.6 Å². The molecule has 1 unspecified atom stereocenters. The van der Waals surface area contributed by atoms with E-state index < -0.39 is 6.04 Å². The topological polar surface area (TPSA) is 84.2 Å². The first kappa shape index (κ1) is 11.0. The maximum absolute atomic E-state index is 11.2. The minimum absolute atomic E-state index is 0.0308. The van der Waals surface area contributed by atoms with E-state index in [2.05, 4.69) is 10.6 Å².